The van der Waals surface area contributed by atoms with Crippen LogP contribution in [0.25, 0.3) is 0 Å². The summed E-state index contributed by atoms with van der Waals surface area (Å²) in [5.41, 5.74) is 1.38. The van der Waals surface area contributed by atoms with Crippen LogP contribution in [0.1, 0.15) is 34.9 Å². The molecule has 1 atom stereocenters. The van der Waals surface area contributed by atoms with Gasteiger partial charge in [-0.25, -0.2) is 4.98 Å². The topological polar surface area (TPSA) is 64.6 Å². The third kappa shape index (κ3) is 3.64. The zero-order valence-corrected chi connectivity index (χ0v) is 14.1. The Bertz CT molecular complexity index is 751. The van der Waals surface area contributed by atoms with Crippen molar-refractivity contribution in [3.05, 3.63) is 47.9 Å². The second-order valence-corrected chi connectivity index (χ2v) is 6.43. The van der Waals surface area contributed by atoms with E-state index in [9.17, 15) is 4.79 Å². The quantitative estimate of drug-likeness (QED) is 0.779. The van der Waals surface area contributed by atoms with E-state index in [-0.39, 0.29) is 11.6 Å². The Balaban J connectivity index is 1.32. The summed E-state index contributed by atoms with van der Waals surface area (Å²) in [6.45, 7) is 3.70. The molecule has 6 nitrogen and oxygen atoms in total. The van der Waals surface area contributed by atoms with Gasteiger partial charge in [-0.3, -0.25) is 4.79 Å². The third-order valence-electron chi connectivity index (χ3n) is 4.75. The first-order valence-electron chi connectivity index (χ1n) is 8.73. The Hall–Kier alpha value is -2.47. The van der Waals surface area contributed by atoms with E-state index < -0.39 is 0 Å². The summed E-state index contributed by atoms with van der Waals surface area (Å²) in [5, 5.41) is 0. The largest absolute Gasteiger partial charge is 0.483 e. The van der Waals surface area contributed by atoms with Crippen molar-refractivity contribution < 1.29 is 14.3 Å². The van der Waals surface area contributed by atoms with Gasteiger partial charge in [0.05, 0.1) is 6.20 Å². The molecular weight excluding hydrogens is 318 g/mol. The van der Waals surface area contributed by atoms with Crippen molar-refractivity contribution in [3.63, 3.8) is 0 Å². The lowest BCUT2D eigenvalue weighted by Crippen LogP contribution is -2.24. The van der Waals surface area contributed by atoms with Crippen molar-refractivity contribution in [2.75, 3.05) is 32.8 Å². The standard InChI is InChI=1S/C19H21N3O3/c23-16(18-20-12-17-19(21-18)25-11-10-24-17)7-9-22-8-6-15(13-22)14-4-2-1-3-5-14/h1-5,12,15H,6-11,13H2. The minimum absolute atomic E-state index is 0.0554. The third-order valence-corrected chi connectivity index (χ3v) is 4.75. The van der Waals surface area contributed by atoms with Crippen molar-refractivity contribution >= 4 is 5.78 Å². The molecular formula is C19H21N3O3. The fourth-order valence-corrected chi connectivity index (χ4v) is 3.39. The van der Waals surface area contributed by atoms with E-state index in [1.54, 1.807) is 0 Å². The number of fused-ring (bicyclic) bond motifs is 1. The summed E-state index contributed by atoms with van der Waals surface area (Å²) >= 11 is 0. The van der Waals surface area contributed by atoms with E-state index in [1.165, 1.54) is 11.8 Å². The first kappa shape index (κ1) is 16.0. The van der Waals surface area contributed by atoms with Gasteiger partial charge in [-0.05, 0) is 24.4 Å². The number of nitrogens with zero attached hydrogens (tertiary/aromatic N) is 3. The molecule has 1 aromatic heterocycles. The van der Waals surface area contributed by atoms with Gasteiger partial charge in [0.1, 0.15) is 13.2 Å². The van der Waals surface area contributed by atoms with Crippen LogP contribution < -0.4 is 9.47 Å². The number of rotatable bonds is 5. The number of likely N-dealkylation sites (tertiary alicyclic amines) is 1. The van der Waals surface area contributed by atoms with Crippen LogP contribution >= 0.6 is 0 Å². The number of hydrogen-bond acceptors (Lipinski definition) is 6. The van der Waals surface area contributed by atoms with Crippen molar-refractivity contribution in [1.82, 2.24) is 14.9 Å². The Morgan fingerprint density at radius 3 is 2.92 bits per heavy atom. The first-order valence-corrected chi connectivity index (χ1v) is 8.73. The number of benzene rings is 1. The van der Waals surface area contributed by atoms with Gasteiger partial charge in [-0.15, -0.1) is 0 Å². The van der Waals surface area contributed by atoms with Gasteiger partial charge in [-0.2, -0.15) is 4.98 Å². The lowest BCUT2D eigenvalue weighted by Gasteiger charge is -2.17. The molecule has 2 aliphatic heterocycles. The first-order chi connectivity index (χ1) is 12.3. The van der Waals surface area contributed by atoms with E-state index in [0.29, 0.717) is 37.2 Å². The van der Waals surface area contributed by atoms with E-state index in [1.807, 2.05) is 6.07 Å². The molecule has 130 valence electrons. The molecule has 1 unspecified atom stereocenters. The monoisotopic (exact) mass is 339 g/mol. The number of Topliss-reactive ketones (excluding diaryl/α,β-unsaturated/α-hetero) is 1. The van der Waals surface area contributed by atoms with Crippen molar-refractivity contribution in [2.24, 2.45) is 0 Å². The van der Waals surface area contributed by atoms with Crippen molar-refractivity contribution in [2.45, 2.75) is 18.8 Å². The minimum atomic E-state index is -0.0554. The fourth-order valence-electron chi connectivity index (χ4n) is 3.39. The summed E-state index contributed by atoms with van der Waals surface area (Å²) in [4.78, 5) is 23.0. The van der Waals surface area contributed by atoms with Crippen LogP contribution in [0, 0.1) is 0 Å². The molecule has 0 amide bonds. The Labute approximate surface area is 146 Å². The maximum absolute atomic E-state index is 12.4. The molecule has 1 saturated heterocycles. The predicted octanol–water partition coefficient (Wildman–Crippen LogP) is 2.31. The normalized spacial score (nSPS) is 19.8. The summed E-state index contributed by atoms with van der Waals surface area (Å²) in [5.74, 6) is 1.59. The van der Waals surface area contributed by atoms with Gasteiger partial charge in [0, 0.05) is 19.5 Å². The van der Waals surface area contributed by atoms with Crippen LogP contribution in [0.5, 0.6) is 11.6 Å². The van der Waals surface area contributed by atoms with Gasteiger partial charge in [0.15, 0.2) is 11.6 Å². The Morgan fingerprint density at radius 2 is 2.04 bits per heavy atom. The van der Waals surface area contributed by atoms with Crippen molar-refractivity contribution in [3.8, 4) is 11.6 Å². The lowest BCUT2D eigenvalue weighted by atomic mass is 9.99. The van der Waals surface area contributed by atoms with Gasteiger partial charge >= 0.3 is 0 Å². The van der Waals surface area contributed by atoms with E-state index in [2.05, 4.69) is 39.1 Å². The molecule has 0 bridgehead atoms. The van der Waals surface area contributed by atoms with E-state index >= 15 is 0 Å². The van der Waals surface area contributed by atoms with E-state index in [4.69, 9.17) is 9.47 Å². The lowest BCUT2D eigenvalue weighted by molar-refractivity contribution is 0.0954. The van der Waals surface area contributed by atoms with Crippen LogP contribution in [-0.2, 0) is 0 Å². The smallest absolute Gasteiger partial charge is 0.260 e. The van der Waals surface area contributed by atoms with Crippen LogP contribution in [0.15, 0.2) is 36.5 Å². The Kier molecular flexibility index (Phi) is 4.61. The van der Waals surface area contributed by atoms with Gasteiger partial charge in [0.2, 0.25) is 5.78 Å². The molecule has 0 spiro atoms. The van der Waals surface area contributed by atoms with Crippen LogP contribution in [-0.4, -0.2) is 53.5 Å². The average molecular weight is 339 g/mol. The number of hydrogen-bond donors (Lipinski definition) is 0. The molecule has 0 saturated carbocycles. The van der Waals surface area contributed by atoms with Crippen LogP contribution in [0.4, 0.5) is 0 Å². The molecule has 1 aromatic carbocycles. The van der Waals surface area contributed by atoms with Crippen LogP contribution in [0.2, 0.25) is 0 Å². The number of ketones is 1. The number of aromatic nitrogens is 2. The molecule has 0 N–H and O–H groups in total. The highest BCUT2D eigenvalue weighted by molar-refractivity contribution is 5.92. The van der Waals surface area contributed by atoms with Gasteiger partial charge in [-0.1, -0.05) is 30.3 Å². The number of carbonyl (C=O) groups excluding carboxylic acids is 1. The maximum Gasteiger partial charge on any atom is 0.260 e. The SMILES string of the molecule is O=C(CCN1CCC(c2ccccc2)C1)c1ncc2c(n1)OCCO2. The zero-order valence-electron chi connectivity index (χ0n) is 14.1. The summed E-state index contributed by atoms with van der Waals surface area (Å²) in [6.07, 6.45) is 3.08. The second-order valence-electron chi connectivity index (χ2n) is 6.43. The van der Waals surface area contributed by atoms with Gasteiger partial charge in [0.25, 0.3) is 5.88 Å². The summed E-state index contributed by atoms with van der Waals surface area (Å²) < 4.78 is 10.8. The molecule has 0 aliphatic carbocycles. The number of ether oxygens (including phenoxy) is 2. The summed E-state index contributed by atoms with van der Waals surface area (Å²) in [7, 11) is 0. The fraction of sp³-hybridized carbons (Fsp3) is 0.421. The van der Waals surface area contributed by atoms with Crippen molar-refractivity contribution in [1.29, 1.82) is 0 Å². The van der Waals surface area contributed by atoms with Gasteiger partial charge < -0.3 is 14.4 Å². The molecule has 2 aliphatic rings. The second kappa shape index (κ2) is 7.19. The molecule has 0 radical (unpaired) electrons. The predicted molar refractivity (Wildman–Crippen MR) is 92.2 cm³/mol. The maximum atomic E-state index is 12.4. The average Bonchev–Trinajstić information content (AvgIpc) is 3.15. The molecule has 6 heteroatoms. The minimum Gasteiger partial charge on any atom is -0.483 e. The number of carbonyl (C=O) groups is 1. The van der Waals surface area contributed by atoms with Crippen LogP contribution in [0.3, 0.4) is 0 Å². The molecule has 3 heterocycles. The summed E-state index contributed by atoms with van der Waals surface area (Å²) in [6, 6.07) is 10.6. The molecule has 2 aromatic rings. The molecule has 1 fully saturated rings. The highest BCUT2D eigenvalue weighted by Crippen LogP contribution is 2.28. The highest BCUT2D eigenvalue weighted by atomic mass is 16.6. The van der Waals surface area contributed by atoms with E-state index in [0.717, 1.165) is 26.1 Å². The molecule has 4 rings (SSSR count). The highest BCUT2D eigenvalue weighted by Gasteiger charge is 2.25. The zero-order chi connectivity index (χ0) is 17.1. The Morgan fingerprint density at radius 1 is 1.20 bits per heavy atom. The molecule has 25 heavy (non-hydrogen) atoms.